The maximum absolute atomic E-state index is 13.1. The Labute approximate surface area is 115 Å². The van der Waals surface area contributed by atoms with Gasteiger partial charge in [0.1, 0.15) is 11.5 Å². The van der Waals surface area contributed by atoms with Gasteiger partial charge in [0.15, 0.2) is 0 Å². The highest BCUT2D eigenvalue weighted by Crippen LogP contribution is 2.29. The quantitative estimate of drug-likeness (QED) is 0.683. The normalized spacial score (nSPS) is 11.9. The zero-order valence-electron chi connectivity index (χ0n) is 11.1. The molecule has 1 aromatic carbocycles. The van der Waals surface area contributed by atoms with Gasteiger partial charge in [-0.1, -0.05) is 6.07 Å². The lowest BCUT2D eigenvalue weighted by atomic mass is 10.1. The van der Waals surface area contributed by atoms with Crippen molar-refractivity contribution in [2.75, 3.05) is 5.32 Å². The first-order valence-electron chi connectivity index (χ1n) is 6.09. The number of hydrogen-bond acceptors (Lipinski definition) is 4. The molecule has 0 aliphatic rings. The summed E-state index contributed by atoms with van der Waals surface area (Å²) in [5.74, 6) is -0.435. The van der Waals surface area contributed by atoms with Crippen molar-refractivity contribution in [3.05, 3.63) is 63.7 Å². The minimum Gasteiger partial charge on any atom is -0.373 e. The van der Waals surface area contributed by atoms with Crippen molar-refractivity contribution in [1.29, 1.82) is 0 Å². The van der Waals surface area contributed by atoms with Crippen molar-refractivity contribution >= 4 is 11.4 Å². The molecule has 1 atom stereocenters. The van der Waals surface area contributed by atoms with E-state index in [2.05, 4.69) is 10.3 Å². The van der Waals surface area contributed by atoms with Gasteiger partial charge in [-0.15, -0.1) is 0 Å². The minimum absolute atomic E-state index is 0.00758. The molecule has 1 aromatic heterocycles. The first-order chi connectivity index (χ1) is 9.47. The van der Waals surface area contributed by atoms with Crippen molar-refractivity contribution in [2.24, 2.45) is 0 Å². The zero-order valence-corrected chi connectivity index (χ0v) is 11.1. The summed E-state index contributed by atoms with van der Waals surface area (Å²) in [6.07, 6.45) is 2.65. The Hall–Kier alpha value is -2.50. The third-order valence-electron chi connectivity index (χ3n) is 2.95. The van der Waals surface area contributed by atoms with Gasteiger partial charge in [0.05, 0.1) is 17.2 Å². The highest BCUT2D eigenvalue weighted by molar-refractivity contribution is 5.63. The largest absolute Gasteiger partial charge is 0.373 e. The first-order valence-corrected chi connectivity index (χ1v) is 6.09. The Morgan fingerprint density at radius 3 is 2.75 bits per heavy atom. The fraction of sp³-hybridized carbons (Fsp3) is 0.214. The van der Waals surface area contributed by atoms with Crippen LogP contribution in [0.15, 0.2) is 36.7 Å². The Kier molecular flexibility index (Phi) is 3.93. The molecule has 5 nitrogen and oxygen atoms in total. The molecule has 2 aromatic rings. The molecular formula is C14H14FN3O2. The number of nitrogens with zero attached hydrogens (tertiary/aromatic N) is 2. The van der Waals surface area contributed by atoms with E-state index in [-0.39, 0.29) is 11.7 Å². The molecule has 0 saturated heterocycles. The Bertz CT molecular complexity index is 646. The van der Waals surface area contributed by atoms with E-state index < -0.39 is 10.7 Å². The highest BCUT2D eigenvalue weighted by atomic mass is 19.1. The molecule has 0 aliphatic carbocycles. The molecule has 1 heterocycles. The zero-order chi connectivity index (χ0) is 14.7. The number of pyridine rings is 1. The van der Waals surface area contributed by atoms with E-state index >= 15 is 0 Å². The van der Waals surface area contributed by atoms with Crippen molar-refractivity contribution in [2.45, 2.75) is 19.9 Å². The Morgan fingerprint density at radius 1 is 1.35 bits per heavy atom. The molecule has 1 N–H and O–H groups in total. The van der Waals surface area contributed by atoms with Crippen LogP contribution < -0.4 is 5.32 Å². The number of hydrogen-bond donors (Lipinski definition) is 1. The summed E-state index contributed by atoms with van der Waals surface area (Å²) < 4.78 is 13.1. The van der Waals surface area contributed by atoms with Crippen LogP contribution in [0, 0.1) is 22.9 Å². The summed E-state index contributed by atoms with van der Waals surface area (Å²) in [5.41, 5.74) is 1.93. The molecule has 1 unspecified atom stereocenters. The number of benzene rings is 1. The molecule has 0 aliphatic heterocycles. The van der Waals surface area contributed by atoms with Gasteiger partial charge in [-0.05, 0) is 37.1 Å². The van der Waals surface area contributed by atoms with E-state index in [0.29, 0.717) is 11.3 Å². The van der Waals surface area contributed by atoms with Crippen LogP contribution in [0.25, 0.3) is 0 Å². The van der Waals surface area contributed by atoms with Crippen LogP contribution in [0.1, 0.15) is 24.1 Å². The number of aromatic nitrogens is 1. The summed E-state index contributed by atoms with van der Waals surface area (Å²) >= 11 is 0. The predicted octanol–water partition coefficient (Wildman–Crippen LogP) is 3.61. The minimum atomic E-state index is -0.446. The van der Waals surface area contributed by atoms with Gasteiger partial charge >= 0.3 is 0 Å². The van der Waals surface area contributed by atoms with Gasteiger partial charge in [0.2, 0.25) is 0 Å². The maximum atomic E-state index is 13.1. The van der Waals surface area contributed by atoms with E-state index in [0.717, 1.165) is 11.8 Å². The predicted molar refractivity (Wildman–Crippen MR) is 74.1 cm³/mol. The molecule has 20 heavy (non-hydrogen) atoms. The number of rotatable bonds is 4. The average molecular weight is 275 g/mol. The van der Waals surface area contributed by atoms with Crippen LogP contribution in [0.3, 0.4) is 0 Å². The molecule has 104 valence electrons. The fourth-order valence-corrected chi connectivity index (χ4v) is 1.91. The Balaban J connectivity index is 2.29. The smallest absolute Gasteiger partial charge is 0.292 e. The maximum Gasteiger partial charge on any atom is 0.292 e. The second-order valence-corrected chi connectivity index (χ2v) is 4.58. The fourth-order valence-electron chi connectivity index (χ4n) is 1.91. The van der Waals surface area contributed by atoms with Crippen molar-refractivity contribution < 1.29 is 9.31 Å². The van der Waals surface area contributed by atoms with E-state index in [4.69, 9.17) is 0 Å². The summed E-state index contributed by atoms with van der Waals surface area (Å²) in [6, 6.07) is 5.89. The second kappa shape index (κ2) is 5.64. The monoisotopic (exact) mass is 275 g/mol. The highest BCUT2D eigenvalue weighted by Gasteiger charge is 2.16. The summed E-state index contributed by atoms with van der Waals surface area (Å²) in [7, 11) is 0. The lowest BCUT2D eigenvalue weighted by Gasteiger charge is -2.15. The molecule has 0 fully saturated rings. The van der Waals surface area contributed by atoms with Crippen molar-refractivity contribution in [3.8, 4) is 0 Å². The molecule has 0 bridgehead atoms. The third kappa shape index (κ3) is 3.09. The standard InChI is InChI=1S/C14H14FN3O2/c1-9-3-4-14(18(19)20)13(5-9)17-10(2)11-6-12(15)8-16-7-11/h3-8,10,17H,1-2H3. The van der Waals surface area contributed by atoms with Gasteiger partial charge < -0.3 is 5.32 Å². The number of anilines is 1. The van der Waals surface area contributed by atoms with Crippen LogP contribution >= 0.6 is 0 Å². The summed E-state index contributed by atoms with van der Waals surface area (Å²) in [5, 5.41) is 14.0. The van der Waals surface area contributed by atoms with Crippen molar-refractivity contribution in [3.63, 3.8) is 0 Å². The lowest BCUT2D eigenvalue weighted by molar-refractivity contribution is -0.384. The van der Waals surface area contributed by atoms with Crippen LogP contribution in [0.2, 0.25) is 0 Å². The number of aryl methyl sites for hydroxylation is 1. The molecule has 0 radical (unpaired) electrons. The summed E-state index contributed by atoms with van der Waals surface area (Å²) in [4.78, 5) is 14.3. The molecule has 0 saturated carbocycles. The molecule has 6 heteroatoms. The van der Waals surface area contributed by atoms with Gasteiger partial charge in [0.25, 0.3) is 5.69 Å². The van der Waals surface area contributed by atoms with E-state index in [1.807, 2.05) is 6.92 Å². The number of nitro groups is 1. The molecule has 2 rings (SSSR count). The molecule has 0 amide bonds. The van der Waals surface area contributed by atoms with Gasteiger partial charge in [0, 0.05) is 12.3 Å². The van der Waals surface area contributed by atoms with Gasteiger partial charge in [-0.2, -0.15) is 0 Å². The van der Waals surface area contributed by atoms with Crippen LogP contribution in [0.5, 0.6) is 0 Å². The van der Waals surface area contributed by atoms with E-state index in [1.54, 1.807) is 19.1 Å². The number of halogens is 1. The van der Waals surface area contributed by atoms with Crippen LogP contribution in [-0.2, 0) is 0 Å². The van der Waals surface area contributed by atoms with Crippen LogP contribution in [-0.4, -0.2) is 9.91 Å². The number of nitro benzene ring substituents is 1. The van der Waals surface area contributed by atoms with Crippen molar-refractivity contribution in [1.82, 2.24) is 4.98 Å². The second-order valence-electron chi connectivity index (χ2n) is 4.58. The first kappa shape index (κ1) is 13.9. The molecule has 0 spiro atoms. The Morgan fingerprint density at radius 2 is 2.10 bits per heavy atom. The van der Waals surface area contributed by atoms with Gasteiger partial charge in [-0.3, -0.25) is 15.1 Å². The van der Waals surface area contributed by atoms with Gasteiger partial charge in [-0.25, -0.2) is 4.39 Å². The lowest BCUT2D eigenvalue weighted by Crippen LogP contribution is -2.09. The summed E-state index contributed by atoms with van der Waals surface area (Å²) in [6.45, 7) is 3.64. The SMILES string of the molecule is Cc1ccc([N+](=O)[O-])c(NC(C)c2cncc(F)c2)c1. The average Bonchev–Trinajstić information content (AvgIpc) is 2.38. The number of nitrogens with one attached hydrogen (secondary N) is 1. The van der Waals surface area contributed by atoms with Crippen LogP contribution in [0.4, 0.5) is 15.8 Å². The van der Waals surface area contributed by atoms with E-state index in [1.165, 1.54) is 18.3 Å². The van der Waals surface area contributed by atoms with E-state index in [9.17, 15) is 14.5 Å². The molecular weight excluding hydrogens is 261 g/mol. The third-order valence-corrected chi connectivity index (χ3v) is 2.95. The topological polar surface area (TPSA) is 68.1 Å².